The number of para-hydroxylation sites is 1. The van der Waals surface area contributed by atoms with Crippen molar-refractivity contribution in [3.8, 4) is 0 Å². The molecule has 1 fully saturated rings. The van der Waals surface area contributed by atoms with Gasteiger partial charge in [-0.3, -0.25) is 4.79 Å². The van der Waals surface area contributed by atoms with E-state index in [1.54, 1.807) is 6.21 Å². The van der Waals surface area contributed by atoms with Crippen molar-refractivity contribution in [1.82, 2.24) is 9.58 Å². The zero-order valence-corrected chi connectivity index (χ0v) is 13.4. The van der Waals surface area contributed by atoms with Gasteiger partial charge in [0.1, 0.15) is 0 Å². The van der Waals surface area contributed by atoms with Crippen molar-refractivity contribution >= 4 is 51.3 Å². The van der Waals surface area contributed by atoms with Crippen LogP contribution in [-0.4, -0.2) is 31.8 Å². The molecular weight excluding hydrogens is 302 g/mol. The molecule has 0 spiro atoms. The number of carbonyl (C=O) groups excluding carboxylic acids is 1. The molecule has 3 rings (SSSR count). The van der Waals surface area contributed by atoms with Crippen LogP contribution in [0, 0.1) is 0 Å². The van der Waals surface area contributed by atoms with Crippen molar-refractivity contribution in [2.75, 3.05) is 5.75 Å². The van der Waals surface area contributed by atoms with Gasteiger partial charge in [0.05, 0.1) is 12.0 Å². The molecule has 1 aromatic heterocycles. The molecule has 1 aromatic carbocycles. The van der Waals surface area contributed by atoms with Crippen molar-refractivity contribution in [3.05, 3.63) is 36.0 Å². The number of aromatic nitrogens is 1. The van der Waals surface area contributed by atoms with Gasteiger partial charge in [-0.2, -0.15) is 10.1 Å². The van der Waals surface area contributed by atoms with Crippen molar-refractivity contribution in [2.45, 2.75) is 19.9 Å². The van der Waals surface area contributed by atoms with Gasteiger partial charge in [-0.15, -0.1) is 0 Å². The lowest BCUT2D eigenvalue weighted by molar-refractivity contribution is -0.123. The third-order valence-corrected chi connectivity index (χ3v) is 4.71. The number of benzene rings is 1. The molecule has 2 aromatic rings. The second-order valence-electron chi connectivity index (χ2n) is 5.11. The Bertz CT molecular complexity index is 732. The van der Waals surface area contributed by atoms with Crippen LogP contribution in [0.5, 0.6) is 0 Å². The number of thiocarbonyl (C=S) groups is 1. The highest BCUT2D eigenvalue weighted by molar-refractivity contribution is 8.23. The second kappa shape index (κ2) is 5.61. The maximum atomic E-state index is 11.7. The van der Waals surface area contributed by atoms with Gasteiger partial charge in [-0.05, 0) is 19.9 Å². The molecule has 0 unspecified atom stereocenters. The molecular formula is C15H15N3OS2. The summed E-state index contributed by atoms with van der Waals surface area (Å²) < 4.78 is 2.72. The molecule has 2 heterocycles. The fourth-order valence-electron chi connectivity index (χ4n) is 2.34. The van der Waals surface area contributed by atoms with Crippen LogP contribution >= 0.6 is 24.0 Å². The monoisotopic (exact) mass is 317 g/mol. The van der Waals surface area contributed by atoms with Gasteiger partial charge < -0.3 is 4.57 Å². The minimum absolute atomic E-state index is 0.0613. The molecule has 6 heteroatoms. The van der Waals surface area contributed by atoms with Gasteiger partial charge >= 0.3 is 0 Å². The fraction of sp³-hybridized carbons (Fsp3) is 0.267. The first-order valence-electron chi connectivity index (χ1n) is 6.71. The minimum Gasteiger partial charge on any atom is -0.344 e. The van der Waals surface area contributed by atoms with E-state index in [2.05, 4.69) is 41.8 Å². The summed E-state index contributed by atoms with van der Waals surface area (Å²) in [5.41, 5.74) is 2.16. The first kappa shape index (κ1) is 14.3. The molecule has 21 heavy (non-hydrogen) atoms. The maximum Gasteiger partial charge on any atom is 0.259 e. The van der Waals surface area contributed by atoms with Crippen LogP contribution in [0.1, 0.15) is 25.5 Å². The van der Waals surface area contributed by atoms with Crippen LogP contribution in [-0.2, 0) is 4.79 Å². The van der Waals surface area contributed by atoms with Gasteiger partial charge in [0.2, 0.25) is 0 Å². The summed E-state index contributed by atoms with van der Waals surface area (Å²) in [6.07, 6.45) is 3.78. The normalized spacial score (nSPS) is 16.0. The Morgan fingerprint density at radius 3 is 2.81 bits per heavy atom. The van der Waals surface area contributed by atoms with E-state index in [9.17, 15) is 4.79 Å². The molecule has 1 saturated heterocycles. The molecule has 1 aliphatic heterocycles. The van der Waals surface area contributed by atoms with E-state index in [4.69, 9.17) is 12.2 Å². The largest absolute Gasteiger partial charge is 0.344 e. The summed E-state index contributed by atoms with van der Waals surface area (Å²) in [4.78, 5) is 11.7. The molecule has 0 aliphatic carbocycles. The van der Waals surface area contributed by atoms with Crippen LogP contribution < -0.4 is 0 Å². The Labute approximate surface area is 132 Å². The van der Waals surface area contributed by atoms with Crippen LogP contribution in [0.3, 0.4) is 0 Å². The van der Waals surface area contributed by atoms with Crippen LogP contribution in [0.25, 0.3) is 10.9 Å². The van der Waals surface area contributed by atoms with E-state index < -0.39 is 0 Å². The second-order valence-corrected chi connectivity index (χ2v) is 6.72. The first-order chi connectivity index (χ1) is 10.1. The Hall–Kier alpha value is -1.66. The van der Waals surface area contributed by atoms with Gasteiger partial charge in [-0.25, -0.2) is 0 Å². The zero-order chi connectivity index (χ0) is 15.0. The topological polar surface area (TPSA) is 37.6 Å². The lowest BCUT2D eigenvalue weighted by Gasteiger charge is -2.08. The Morgan fingerprint density at radius 2 is 2.14 bits per heavy atom. The lowest BCUT2D eigenvalue weighted by atomic mass is 10.2. The fourth-order valence-corrected chi connectivity index (χ4v) is 3.31. The van der Waals surface area contributed by atoms with Crippen molar-refractivity contribution in [2.24, 2.45) is 5.10 Å². The van der Waals surface area contributed by atoms with Crippen LogP contribution in [0.4, 0.5) is 0 Å². The number of hydrogen-bond acceptors (Lipinski definition) is 4. The third-order valence-electron chi connectivity index (χ3n) is 3.37. The Balaban J connectivity index is 2.01. The predicted octanol–water partition coefficient (Wildman–Crippen LogP) is 3.42. The SMILES string of the molecule is CC(C)n1cc(/C=N/N2C(=O)CSC2=S)c2ccccc21. The van der Waals surface area contributed by atoms with E-state index in [0.29, 0.717) is 16.1 Å². The van der Waals surface area contributed by atoms with E-state index in [-0.39, 0.29) is 5.91 Å². The summed E-state index contributed by atoms with van der Waals surface area (Å²) in [6, 6.07) is 8.55. The maximum absolute atomic E-state index is 11.7. The smallest absolute Gasteiger partial charge is 0.259 e. The Kier molecular flexibility index (Phi) is 3.82. The van der Waals surface area contributed by atoms with Gasteiger partial charge in [0, 0.05) is 28.7 Å². The van der Waals surface area contributed by atoms with Crippen LogP contribution in [0.2, 0.25) is 0 Å². The number of carbonyl (C=O) groups is 1. The minimum atomic E-state index is -0.0613. The standard InChI is InChI=1S/C15H15N3OS2/c1-10(2)17-8-11(12-5-3-4-6-13(12)17)7-16-18-14(19)9-21-15(18)20/h3-8,10H,9H2,1-2H3/b16-7+. The number of nitrogens with zero attached hydrogens (tertiary/aromatic N) is 3. The number of hydrazone groups is 1. The molecule has 1 amide bonds. The Morgan fingerprint density at radius 1 is 1.38 bits per heavy atom. The first-order valence-corrected chi connectivity index (χ1v) is 8.10. The summed E-state index contributed by atoms with van der Waals surface area (Å²) in [5, 5.41) is 6.69. The summed E-state index contributed by atoms with van der Waals surface area (Å²) in [7, 11) is 0. The summed E-state index contributed by atoms with van der Waals surface area (Å²) >= 11 is 6.48. The molecule has 108 valence electrons. The van der Waals surface area contributed by atoms with Crippen LogP contribution in [0.15, 0.2) is 35.6 Å². The highest BCUT2D eigenvalue weighted by atomic mass is 32.2. The molecule has 0 bridgehead atoms. The van der Waals surface area contributed by atoms with E-state index in [1.165, 1.54) is 22.3 Å². The van der Waals surface area contributed by atoms with Crippen molar-refractivity contribution < 1.29 is 4.79 Å². The van der Waals surface area contributed by atoms with E-state index >= 15 is 0 Å². The number of hydrogen-bond donors (Lipinski definition) is 0. The van der Waals surface area contributed by atoms with E-state index in [1.807, 2.05) is 12.1 Å². The number of fused-ring (bicyclic) bond motifs is 1. The highest BCUT2D eigenvalue weighted by Crippen LogP contribution is 2.24. The zero-order valence-electron chi connectivity index (χ0n) is 11.8. The molecule has 0 N–H and O–H groups in total. The molecule has 0 saturated carbocycles. The summed E-state index contributed by atoms with van der Waals surface area (Å²) in [6.45, 7) is 4.28. The lowest BCUT2D eigenvalue weighted by Crippen LogP contribution is -2.22. The molecule has 0 atom stereocenters. The predicted molar refractivity (Wildman–Crippen MR) is 91.8 cm³/mol. The average Bonchev–Trinajstić information content (AvgIpc) is 2.99. The number of amides is 1. The number of rotatable bonds is 3. The van der Waals surface area contributed by atoms with Crippen molar-refractivity contribution in [3.63, 3.8) is 0 Å². The van der Waals surface area contributed by atoms with Gasteiger partial charge in [0.25, 0.3) is 5.91 Å². The highest BCUT2D eigenvalue weighted by Gasteiger charge is 2.26. The number of thioether (sulfide) groups is 1. The van der Waals surface area contributed by atoms with Gasteiger partial charge in [-0.1, -0.05) is 42.2 Å². The van der Waals surface area contributed by atoms with Gasteiger partial charge in [0.15, 0.2) is 4.32 Å². The molecule has 4 nitrogen and oxygen atoms in total. The molecule has 1 aliphatic rings. The average molecular weight is 317 g/mol. The van der Waals surface area contributed by atoms with Crippen molar-refractivity contribution in [1.29, 1.82) is 0 Å². The quantitative estimate of drug-likeness (QED) is 0.643. The third kappa shape index (κ3) is 2.61. The van der Waals surface area contributed by atoms with E-state index in [0.717, 1.165) is 10.9 Å². The summed E-state index contributed by atoms with van der Waals surface area (Å²) in [5.74, 6) is 0.318. The molecule has 0 radical (unpaired) electrons.